The topological polar surface area (TPSA) is 76.1 Å². The number of nitriles is 1. The summed E-state index contributed by atoms with van der Waals surface area (Å²) in [6.45, 7) is 6.07. The van der Waals surface area contributed by atoms with Crippen LogP contribution in [-0.4, -0.2) is 5.78 Å². The number of ether oxygens (including phenoxy) is 1. The van der Waals surface area contributed by atoms with Crippen LogP contribution in [0.5, 0.6) is 0 Å². The van der Waals surface area contributed by atoms with E-state index in [-0.39, 0.29) is 17.1 Å². The normalized spacial score (nSPS) is 23.2. The molecule has 0 bridgehead atoms. The molecule has 1 aromatic rings. The van der Waals surface area contributed by atoms with Crippen LogP contribution in [0.25, 0.3) is 0 Å². The lowest BCUT2D eigenvalue weighted by Gasteiger charge is -2.37. The van der Waals surface area contributed by atoms with Gasteiger partial charge >= 0.3 is 0 Å². The van der Waals surface area contributed by atoms with Crippen LogP contribution in [0.3, 0.4) is 0 Å². The highest BCUT2D eigenvalue weighted by Gasteiger charge is 2.42. The van der Waals surface area contributed by atoms with Gasteiger partial charge in [0.2, 0.25) is 5.88 Å². The molecule has 118 valence electrons. The van der Waals surface area contributed by atoms with Crippen LogP contribution in [0.15, 0.2) is 47.1 Å². The first-order valence-electron chi connectivity index (χ1n) is 7.73. The summed E-state index contributed by atoms with van der Waals surface area (Å²) in [5, 5.41) is 9.54. The minimum atomic E-state index is -0.424. The van der Waals surface area contributed by atoms with Crippen LogP contribution < -0.4 is 5.73 Å². The number of hydrogen-bond donors (Lipinski definition) is 1. The van der Waals surface area contributed by atoms with Crippen LogP contribution in [0.2, 0.25) is 0 Å². The number of nitrogens with two attached hydrogens (primary N) is 1. The summed E-state index contributed by atoms with van der Waals surface area (Å²) in [5.74, 6) is 0.354. The summed E-state index contributed by atoms with van der Waals surface area (Å²) in [6.07, 6.45) is 1.10. The number of aryl methyl sites for hydroxylation is 1. The number of carbonyl (C=O) groups excluding carboxylic acids is 1. The molecule has 4 nitrogen and oxygen atoms in total. The Bertz CT molecular complexity index is 794. The molecule has 2 N–H and O–H groups in total. The predicted octanol–water partition coefficient (Wildman–Crippen LogP) is 3.45. The average molecular weight is 308 g/mol. The molecule has 1 aromatic carbocycles. The van der Waals surface area contributed by atoms with Crippen LogP contribution in [0.4, 0.5) is 0 Å². The molecule has 0 radical (unpaired) electrons. The average Bonchev–Trinajstić information content (AvgIpc) is 2.44. The Labute approximate surface area is 136 Å². The van der Waals surface area contributed by atoms with E-state index < -0.39 is 5.92 Å². The number of allylic oxidation sites excluding steroid dienone is 3. The van der Waals surface area contributed by atoms with E-state index in [4.69, 9.17) is 10.5 Å². The summed E-state index contributed by atoms with van der Waals surface area (Å²) in [7, 11) is 0. The quantitative estimate of drug-likeness (QED) is 0.862. The summed E-state index contributed by atoms with van der Waals surface area (Å²) in [4.78, 5) is 12.8. The van der Waals surface area contributed by atoms with Gasteiger partial charge in [-0.25, -0.2) is 0 Å². The smallest absolute Gasteiger partial charge is 0.205 e. The Balaban J connectivity index is 2.19. The summed E-state index contributed by atoms with van der Waals surface area (Å²) >= 11 is 0. The van der Waals surface area contributed by atoms with Crippen molar-refractivity contribution in [2.45, 2.75) is 39.5 Å². The Morgan fingerprint density at radius 2 is 2.09 bits per heavy atom. The van der Waals surface area contributed by atoms with Gasteiger partial charge in [0, 0.05) is 18.4 Å². The summed E-state index contributed by atoms with van der Waals surface area (Å²) in [6, 6.07) is 10.00. The van der Waals surface area contributed by atoms with E-state index in [9.17, 15) is 10.1 Å². The van der Waals surface area contributed by atoms with E-state index in [2.05, 4.69) is 6.07 Å². The van der Waals surface area contributed by atoms with Gasteiger partial charge in [-0.2, -0.15) is 5.26 Å². The zero-order valence-electron chi connectivity index (χ0n) is 13.6. The molecule has 3 rings (SSSR count). The highest BCUT2D eigenvalue weighted by atomic mass is 16.5. The molecule has 0 amide bonds. The first-order valence-corrected chi connectivity index (χ1v) is 7.73. The number of ketones is 1. The second-order valence-electron chi connectivity index (χ2n) is 7.12. The molecule has 0 fully saturated rings. The van der Waals surface area contributed by atoms with Crippen molar-refractivity contribution in [1.82, 2.24) is 0 Å². The molecule has 0 spiro atoms. The SMILES string of the molecule is Cc1cccc([C@H]2C(C#N)=C(N)OC3=C2C(=O)CC(C)(C)C3)c1. The van der Waals surface area contributed by atoms with Gasteiger partial charge in [0.1, 0.15) is 17.4 Å². The molecular formula is C19H20N2O2. The number of nitrogens with zero attached hydrogens (tertiary/aromatic N) is 1. The predicted molar refractivity (Wildman–Crippen MR) is 86.9 cm³/mol. The van der Waals surface area contributed by atoms with Crippen molar-refractivity contribution in [1.29, 1.82) is 5.26 Å². The molecular weight excluding hydrogens is 288 g/mol. The molecule has 23 heavy (non-hydrogen) atoms. The van der Waals surface area contributed by atoms with E-state index in [0.29, 0.717) is 29.7 Å². The van der Waals surface area contributed by atoms with Crippen LogP contribution in [0.1, 0.15) is 43.7 Å². The largest absolute Gasteiger partial charge is 0.444 e. The van der Waals surface area contributed by atoms with Crippen LogP contribution in [-0.2, 0) is 9.53 Å². The highest BCUT2D eigenvalue weighted by molar-refractivity contribution is 6.00. The van der Waals surface area contributed by atoms with Crippen molar-refractivity contribution in [2.24, 2.45) is 11.1 Å². The fourth-order valence-electron chi connectivity index (χ4n) is 3.47. The zero-order chi connectivity index (χ0) is 16.8. The molecule has 1 aliphatic heterocycles. The molecule has 1 aliphatic carbocycles. The standard InChI is InChI=1S/C19H20N2O2/c1-11-5-4-6-12(7-11)16-13(10-20)18(21)23-15-9-19(2,3)8-14(22)17(15)16/h4-7,16H,8-9,21H2,1-3H3/t16-/m0/s1. The van der Waals surface area contributed by atoms with E-state index in [1.54, 1.807) is 0 Å². The van der Waals surface area contributed by atoms with Gasteiger partial charge in [-0.15, -0.1) is 0 Å². The lowest BCUT2D eigenvalue weighted by molar-refractivity contribution is -0.119. The lowest BCUT2D eigenvalue weighted by Crippen LogP contribution is -2.33. The van der Waals surface area contributed by atoms with Gasteiger partial charge < -0.3 is 10.5 Å². The molecule has 0 aromatic heterocycles. The van der Waals surface area contributed by atoms with Gasteiger partial charge in [0.15, 0.2) is 5.78 Å². The second-order valence-corrected chi connectivity index (χ2v) is 7.12. The maximum absolute atomic E-state index is 12.8. The molecule has 0 saturated heterocycles. The van der Waals surface area contributed by atoms with Crippen molar-refractivity contribution >= 4 is 5.78 Å². The number of benzene rings is 1. The second kappa shape index (κ2) is 5.27. The van der Waals surface area contributed by atoms with Crippen molar-refractivity contribution in [3.05, 3.63) is 58.2 Å². The number of Topliss-reactive ketones (excluding diaryl/α,β-unsaturated/α-hetero) is 1. The molecule has 4 heteroatoms. The lowest BCUT2D eigenvalue weighted by atomic mass is 9.70. The number of rotatable bonds is 1. The maximum Gasteiger partial charge on any atom is 0.205 e. The number of carbonyl (C=O) groups is 1. The highest BCUT2D eigenvalue weighted by Crippen LogP contribution is 2.47. The van der Waals surface area contributed by atoms with E-state index >= 15 is 0 Å². The Morgan fingerprint density at radius 3 is 2.74 bits per heavy atom. The fourth-order valence-corrected chi connectivity index (χ4v) is 3.47. The van der Waals surface area contributed by atoms with Crippen molar-refractivity contribution in [3.63, 3.8) is 0 Å². The molecule has 0 saturated carbocycles. The third-order valence-electron chi connectivity index (χ3n) is 4.45. The van der Waals surface area contributed by atoms with Gasteiger partial charge in [-0.05, 0) is 17.9 Å². The Hall–Kier alpha value is -2.54. The fraction of sp³-hybridized carbons (Fsp3) is 0.368. The monoisotopic (exact) mass is 308 g/mol. The summed E-state index contributed by atoms with van der Waals surface area (Å²) in [5.41, 5.74) is 8.74. The van der Waals surface area contributed by atoms with Gasteiger partial charge in [0.25, 0.3) is 0 Å². The first kappa shape index (κ1) is 15.4. The maximum atomic E-state index is 12.8. The Morgan fingerprint density at radius 1 is 1.35 bits per heavy atom. The molecule has 1 heterocycles. The molecule has 2 aliphatic rings. The summed E-state index contributed by atoms with van der Waals surface area (Å²) < 4.78 is 5.68. The van der Waals surface area contributed by atoms with E-state index in [1.165, 1.54) is 0 Å². The first-order chi connectivity index (χ1) is 10.8. The van der Waals surface area contributed by atoms with Gasteiger partial charge in [0.05, 0.1) is 5.92 Å². The van der Waals surface area contributed by atoms with E-state index in [1.807, 2.05) is 45.0 Å². The van der Waals surface area contributed by atoms with Gasteiger partial charge in [-0.1, -0.05) is 43.7 Å². The third kappa shape index (κ3) is 2.63. The van der Waals surface area contributed by atoms with Crippen LogP contribution >= 0.6 is 0 Å². The van der Waals surface area contributed by atoms with Crippen molar-refractivity contribution in [2.75, 3.05) is 0 Å². The van der Waals surface area contributed by atoms with E-state index in [0.717, 1.165) is 11.1 Å². The molecule has 0 unspecified atom stereocenters. The third-order valence-corrected chi connectivity index (χ3v) is 4.45. The minimum absolute atomic E-state index is 0.0445. The minimum Gasteiger partial charge on any atom is -0.444 e. The Kier molecular flexibility index (Phi) is 3.52. The van der Waals surface area contributed by atoms with Gasteiger partial charge in [-0.3, -0.25) is 4.79 Å². The van der Waals surface area contributed by atoms with Crippen molar-refractivity contribution in [3.8, 4) is 6.07 Å². The zero-order valence-corrected chi connectivity index (χ0v) is 13.6. The van der Waals surface area contributed by atoms with Crippen molar-refractivity contribution < 1.29 is 9.53 Å². The van der Waals surface area contributed by atoms with Crippen LogP contribution in [0, 0.1) is 23.7 Å². The molecule has 1 atom stereocenters. The number of hydrogen-bond acceptors (Lipinski definition) is 4.